The van der Waals surface area contributed by atoms with E-state index >= 15 is 0 Å². The van der Waals surface area contributed by atoms with E-state index in [1.54, 1.807) is 4.68 Å². The van der Waals surface area contributed by atoms with Gasteiger partial charge in [-0.2, -0.15) is 5.10 Å². The summed E-state index contributed by atoms with van der Waals surface area (Å²) in [6.07, 6.45) is 0. The SMILES string of the molecule is CCn1nc(Cl)c(Cl)c1C. The Balaban J connectivity index is 3.17. The van der Waals surface area contributed by atoms with E-state index in [-0.39, 0.29) is 0 Å². The predicted molar refractivity (Wildman–Crippen MR) is 42.7 cm³/mol. The molecule has 0 radical (unpaired) electrons. The van der Waals surface area contributed by atoms with Crippen molar-refractivity contribution in [1.82, 2.24) is 9.78 Å². The van der Waals surface area contributed by atoms with Crippen LogP contribution in [0.25, 0.3) is 0 Å². The van der Waals surface area contributed by atoms with E-state index in [1.165, 1.54) is 0 Å². The van der Waals surface area contributed by atoms with Gasteiger partial charge < -0.3 is 0 Å². The molecule has 4 heteroatoms. The maximum absolute atomic E-state index is 5.76. The second kappa shape index (κ2) is 2.81. The number of aryl methyl sites for hydroxylation is 1. The van der Waals surface area contributed by atoms with Crippen LogP contribution >= 0.6 is 23.2 Å². The minimum absolute atomic E-state index is 0.390. The minimum atomic E-state index is 0.390. The van der Waals surface area contributed by atoms with Crippen molar-refractivity contribution in [2.24, 2.45) is 0 Å². The summed E-state index contributed by atoms with van der Waals surface area (Å²) in [6.45, 7) is 4.69. The number of rotatable bonds is 1. The molecule has 0 atom stereocenters. The van der Waals surface area contributed by atoms with E-state index in [0.29, 0.717) is 10.2 Å². The summed E-state index contributed by atoms with van der Waals surface area (Å²) in [5, 5.41) is 4.93. The van der Waals surface area contributed by atoms with Crippen molar-refractivity contribution in [1.29, 1.82) is 0 Å². The van der Waals surface area contributed by atoms with Crippen LogP contribution in [0.2, 0.25) is 10.2 Å². The lowest BCUT2D eigenvalue weighted by Gasteiger charge is -1.95. The van der Waals surface area contributed by atoms with Crippen LogP contribution in [0.3, 0.4) is 0 Å². The number of nitrogens with zero attached hydrogens (tertiary/aromatic N) is 2. The fraction of sp³-hybridized carbons (Fsp3) is 0.500. The van der Waals surface area contributed by atoms with Crippen molar-refractivity contribution in [3.05, 3.63) is 15.9 Å². The Kier molecular flexibility index (Phi) is 2.21. The molecular weight excluding hydrogens is 171 g/mol. The molecule has 1 aromatic rings. The molecule has 0 aliphatic carbocycles. The van der Waals surface area contributed by atoms with Crippen LogP contribution in [0.15, 0.2) is 0 Å². The molecule has 2 nitrogen and oxygen atoms in total. The quantitative estimate of drug-likeness (QED) is 0.647. The fourth-order valence-corrected chi connectivity index (χ4v) is 1.16. The van der Waals surface area contributed by atoms with Crippen molar-refractivity contribution in [3.63, 3.8) is 0 Å². The first-order valence-corrected chi connectivity index (χ1v) is 3.80. The topological polar surface area (TPSA) is 17.8 Å². The molecule has 1 rings (SSSR count). The summed E-state index contributed by atoms with van der Waals surface area (Å²) in [7, 11) is 0. The second-order valence-electron chi connectivity index (χ2n) is 2.01. The van der Waals surface area contributed by atoms with Crippen molar-refractivity contribution >= 4 is 23.2 Å². The molecular formula is C6H8Cl2N2. The molecule has 1 aromatic heterocycles. The highest BCUT2D eigenvalue weighted by molar-refractivity contribution is 6.41. The summed E-state index contributed by atoms with van der Waals surface area (Å²) in [6, 6.07) is 0. The average Bonchev–Trinajstić information content (AvgIpc) is 2.17. The zero-order valence-corrected chi connectivity index (χ0v) is 7.37. The predicted octanol–water partition coefficient (Wildman–Crippen LogP) is 2.52. The summed E-state index contributed by atoms with van der Waals surface area (Å²) in [4.78, 5) is 0. The molecule has 10 heavy (non-hydrogen) atoms. The highest BCUT2D eigenvalue weighted by atomic mass is 35.5. The van der Waals surface area contributed by atoms with Crippen LogP contribution in [0.5, 0.6) is 0 Å². The molecule has 56 valence electrons. The van der Waals surface area contributed by atoms with E-state index in [1.807, 2.05) is 13.8 Å². The first-order valence-electron chi connectivity index (χ1n) is 3.05. The zero-order valence-electron chi connectivity index (χ0n) is 5.86. The zero-order chi connectivity index (χ0) is 7.72. The minimum Gasteiger partial charge on any atom is -0.267 e. The van der Waals surface area contributed by atoms with Crippen LogP contribution in [0, 0.1) is 6.92 Å². The van der Waals surface area contributed by atoms with Crippen LogP contribution < -0.4 is 0 Å². The normalized spacial score (nSPS) is 10.4. The Morgan fingerprint density at radius 3 is 2.30 bits per heavy atom. The van der Waals surface area contributed by atoms with Crippen LogP contribution in [-0.4, -0.2) is 9.78 Å². The second-order valence-corrected chi connectivity index (χ2v) is 2.74. The Hall–Kier alpha value is -0.210. The summed E-state index contributed by atoms with van der Waals surface area (Å²) >= 11 is 11.4. The molecule has 0 aliphatic heterocycles. The van der Waals surface area contributed by atoms with Crippen molar-refractivity contribution in [3.8, 4) is 0 Å². The van der Waals surface area contributed by atoms with Gasteiger partial charge in [0.1, 0.15) is 5.02 Å². The van der Waals surface area contributed by atoms with E-state index < -0.39 is 0 Å². The summed E-state index contributed by atoms with van der Waals surface area (Å²) in [5.74, 6) is 0. The number of halogens is 2. The number of aromatic nitrogens is 2. The van der Waals surface area contributed by atoms with Crippen LogP contribution in [0.4, 0.5) is 0 Å². The molecule has 0 saturated heterocycles. The van der Waals surface area contributed by atoms with E-state index in [2.05, 4.69) is 5.10 Å². The Morgan fingerprint density at radius 1 is 1.50 bits per heavy atom. The van der Waals surface area contributed by atoms with Gasteiger partial charge in [-0.15, -0.1) is 0 Å². The van der Waals surface area contributed by atoms with Gasteiger partial charge in [0.2, 0.25) is 0 Å². The first-order chi connectivity index (χ1) is 4.66. The largest absolute Gasteiger partial charge is 0.267 e. The highest BCUT2D eigenvalue weighted by Crippen LogP contribution is 2.23. The van der Waals surface area contributed by atoms with Gasteiger partial charge in [0.25, 0.3) is 0 Å². The fourth-order valence-electron chi connectivity index (χ4n) is 0.795. The number of hydrogen-bond acceptors (Lipinski definition) is 1. The van der Waals surface area contributed by atoms with Crippen LogP contribution in [0.1, 0.15) is 12.6 Å². The molecule has 0 aromatic carbocycles. The lowest BCUT2D eigenvalue weighted by Crippen LogP contribution is -1.97. The Morgan fingerprint density at radius 2 is 2.10 bits per heavy atom. The third-order valence-electron chi connectivity index (χ3n) is 1.39. The average molecular weight is 179 g/mol. The molecule has 0 saturated carbocycles. The lowest BCUT2D eigenvalue weighted by atomic mass is 10.5. The van der Waals surface area contributed by atoms with Crippen LogP contribution in [-0.2, 0) is 6.54 Å². The lowest BCUT2D eigenvalue weighted by molar-refractivity contribution is 0.640. The van der Waals surface area contributed by atoms with Gasteiger partial charge in [0, 0.05) is 6.54 Å². The van der Waals surface area contributed by atoms with Gasteiger partial charge in [0.05, 0.1) is 5.69 Å². The molecule has 0 unspecified atom stereocenters. The number of hydrogen-bond donors (Lipinski definition) is 0. The standard InChI is InChI=1S/C6H8Cl2N2/c1-3-10-4(2)5(7)6(8)9-10/h3H2,1-2H3. The third kappa shape index (κ3) is 1.13. The molecule has 0 spiro atoms. The maximum atomic E-state index is 5.76. The molecule has 0 N–H and O–H groups in total. The van der Waals surface area contributed by atoms with E-state index in [9.17, 15) is 0 Å². The molecule has 0 amide bonds. The molecule has 0 fully saturated rings. The van der Waals surface area contributed by atoms with Crippen molar-refractivity contribution in [2.45, 2.75) is 20.4 Å². The smallest absolute Gasteiger partial charge is 0.169 e. The molecule has 0 aliphatic rings. The van der Waals surface area contributed by atoms with Gasteiger partial charge in [-0.3, -0.25) is 4.68 Å². The van der Waals surface area contributed by atoms with Gasteiger partial charge in [-0.25, -0.2) is 0 Å². The van der Waals surface area contributed by atoms with Gasteiger partial charge in [-0.1, -0.05) is 23.2 Å². The van der Waals surface area contributed by atoms with Crippen molar-refractivity contribution in [2.75, 3.05) is 0 Å². The van der Waals surface area contributed by atoms with Crippen molar-refractivity contribution < 1.29 is 0 Å². The molecule has 0 bridgehead atoms. The first kappa shape index (κ1) is 7.89. The Labute approximate surface area is 69.7 Å². The third-order valence-corrected chi connectivity index (χ3v) is 2.21. The van der Waals surface area contributed by atoms with Gasteiger partial charge in [-0.05, 0) is 13.8 Å². The summed E-state index contributed by atoms with van der Waals surface area (Å²) < 4.78 is 1.77. The van der Waals surface area contributed by atoms with Gasteiger partial charge in [0.15, 0.2) is 5.15 Å². The Bertz CT molecular complexity index is 242. The monoisotopic (exact) mass is 178 g/mol. The summed E-state index contributed by atoms with van der Waals surface area (Å²) in [5.41, 5.74) is 0.925. The van der Waals surface area contributed by atoms with E-state index in [0.717, 1.165) is 12.2 Å². The van der Waals surface area contributed by atoms with E-state index in [4.69, 9.17) is 23.2 Å². The van der Waals surface area contributed by atoms with Gasteiger partial charge >= 0.3 is 0 Å². The molecule has 1 heterocycles. The highest BCUT2D eigenvalue weighted by Gasteiger charge is 2.07. The maximum Gasteiger partial charge on any atom is 0.169 e.